The maximum atomic E-state index is 11.3. The third-order valence-corrected chi connectivity index (χ3v) is 2.77. The van der Waals surface area contributed by atoms with Crippen molar-refractivity contribution in [1.82, 2.24) is 0 Å². The third-order valence-electron chi connectivity index (χ3n) is 2.77. The van der Waals surface area contributed by atoms with E-state index < -0.39 is 23.4 Å². The molecule has 24 heavy (non-hydrogen) atoms. The minimum atomic E-state index is -1.52. The summed E-state index contributed by atoms with van der Waals surface area (Å²) in [4.78, 5) is 22.7. The first-order chi connectivity index (χ1) is 11.6. The van der Waals surface area contributed by atoms with Gasteiger partial charge < -0.3 is 10.2 Å². The molecule has 8 heteroatoms. The maximum absolute atomic E-state index is 11.3. The van der Waals surface area contributed by atoms with Crippen LogP contribution in [0.25, 0.3) is 0 Å². The van der Waals surface area contributed by atoms with Crippen LogP contribution >= 0.6 is 0 Å². The molecule has 0 atom stereocenters. The summed E-state index contributed by atoms with van der Waals surface area (Å²) < 4.78 is 0. The Labute approximate surface area is 137 Å². The van der Waals surface area contributed by atoms with Gasteiger partial charge in [-0.2, -0.15) is 10.2 Å². The van der Waals surface area contributed by atoms with Gasteiger partial charge in [0.2, 0.25) is 11.4 Å². The van der Waals surface area contributed by atoms with Crippen molar-refractivity contribution in [3.8, 4) is 0 Å². The predicted octanol–water partition coefficient (Wildman–Crippen LogP) is 2.09. The summed E-state index contributed by atoms with van der Waals surface area (Å²) in [6.45, 7) is 0. The third kappa shape index (κ3) is 4.67. The van der Waals surface area contributed by atoms with Crippen LogP contribution in [0, 0.1) is 0 Å². The molecule has 0 unspecified atom stereocenters. The van der Waals surface area contributed by atoms with Gasteiger partial charge in [-0.1, -0.05) is 36.4 Å². The van der Waals surface area contributed by atoms with Crippen LogP contribution in [-0.2, 0) is 9.59 Å². The van der Waals surface area contributed by atoms with E-state index in [1.807, 2.05) is 0 Å². The summed E-state index contributed by atoms with van der Waals surface area (Å²) >= 11 is 0. The molecule has 0 saturated carbocycles. The average Bonchev–Trinajstić information content (AvgIpc) is 2.59. The van der Waals surface area contributed by atoms with Crippen LogP contribution in [0.3, 0.4) is 0 Å². The lowest BCUT2D eigenvalue weighted by molar-refractivity contribution is -0.131. The van der Waals surface area contributed by atoms with Crippen molar-refractivity contribution >= 4 is 34.7 Å². The highest BCUT2D eigenvalue weighted by atomic mass is 16.4. The molecule has 0 bridgehead atoms. The molecule has 0 amide bonds. The molecule has 8 nitrogen and oxygen atoms in total. The molecule has 0 fully saturated rings. The second-order valence-corrected chi connectivity index (χ2v) is 4.49. The Kier molecular flexibility index (Phi) is 5.62. The fourth-order valence-electron chi connectivity index (χ4n) is 1.67. The standard InChI is InChI=1S/C16H14N4O4/c21-15(22)13(19-17-11-7-3-1-4-8-11)14(16(23)24)20-18-12-9-5-2-6-10-12/h1-10,17-18H,(H,21,22)(H,23,24). The van der Waals surface area contributed by atoms with E-state index in [1.54, 1.807) is 60.7 Å². The minimum absolute atomic E-state index is 0.511. The number of carboxylic acid groups (broad SMARTS) is 2. The van der Waals surface area contributed by atoms with Crippen molar-refractivity contribution < 1.29 is 19.8 Å². The molecule has 122 valence electrons. The molecule has 2 rings (SSSR count). The summed E-state index contributed by atoms with van der Waals surface area (Å²) in [5, 5.41) is 25.7. The summed E-state index contributed by atoms with van der Waals surface area (Å²) in [5.74, 6) is -3.04. The second-order valence-electron chi connectivity index (χ2n) is 4.49. The van der Waals surface area contributed by atoms with E-state index in [2.05, 4.69) is 21.1 Å². The molecule has 0 radical (unpaired) electrons. The van der Waals surface area contributed by atoms with Gasteiger partial charge >= 0.3 is 11.9 Å². The summed E-state index contributed by atoms with van der Waals surface area (Å²) in [6.07, 6.45) is 0. The topological polar surface area (TPSA) is 123 Å². The Morgan fingerprint density at radius 2 is 1.00 bits per heavy atom. The van der Waals surface area contributed by atoms with E-state index in [4.69, 9.17) is 0 Å². The largest absolute Gasteiger partial charge is 0.476 e. The van der Waals surface area contributed by atoms with Gasteiger partial charge in [-0.05, 0) is 24.3 Å². The lowest BCUT2D eigenvalue weighted by atomic mass is 10.2. The van der Waals surface area contributed by atoms with Gasteiger partial charge in [-0.15, -0.1) is 0 Å². The number of carbonyl (C=O) groups is 2. The summed E-state index contributed by atoms with van der Waals surface area (Å²) in [5.41, 5.74) is 4.56. The van der Waals surface area contributed by atoms with Crippen molar-refractivity contribution in [3.05, 3.63) is 60.7 Å². The SMILES string of the molecule is O=C(O)C(=NNc1ccccc1)C(=NNc1ccccc1)C(=O)O. The Morgan fingerprint density at radius 1 is 0.667 bits per heavy atom. The highest BCUT2D eigenvalue weighted by Crippen LogP contribution is 2.06. The normalized spacial score (nSPS) is 11.7. The van der Waals surface area contributed by atoms with E-state index in [0.29, 0.717) is 11.4 Å². The van der Waals surface area contributed by atoms with Gasteiger partial charge in [-0.3, -0.25) is 10.9 Å². The van der Waals surface area contributed by atoms with Gasteiger partial charge in [0.1, 0.15) is 0 Å². The maximum Gasteiger partial charge on any atom is 0.358 e. The number of nitrogens with one attached hydrogen (secondary N) is 2. The molecule has 2 aromatic carbocycles. The zero-order valence-electron chi connectivity index (χ0n) is 12.4. The minimum Gasteiger partial charge on any atom is -0.476 e. The number of hydrazone groups is 2. The Balaban J connectivity index is 2.27. The number of para-hydroxylation sites is 2. The highest BCUT2D eigenvalue weighted by Gasteiger charge is 2.24. The molecule has 0 aliphatic heterocycles. The summed E-state index contributed by atoms with van der Waals surface area (Å²) in [7, 11) is 0. The number of carboxylic acids is 2. The Hall–Kier alpha value is -3.68. The van der Waals surface area contributed by atoms with Crippen molar-refractivity contribution in [2.75, 3.05) is 10.9 Å². The van der Waals surface area contributed by atoms with Crippen LogP contribution in [0.2, 0.25) is 0 Å². The van der Waals surface area contributed by atoms with Crippen LogP contribution in [0.15, 0.2) is 70.9 Å². The van der Waals surface area contributed by atoms with Crippen molar-refractivity contribution in [2.45, 2.75) is 0 Å². The van der Waals surface area contributed by atoms with Crippen LogP contribution in [-0.4, -0.2) is 33.6 Å². The molecule has 0 heterocycles. The molecule has 2 aromatic rings. The smallest absolute Gasteiger partial charge is 0.358 e. The Bertz CT molecular complexity index is 706. The average molecular weight is 326 g/mol. The van der Waals surface area contributed by atoms with Crippen molar-refractivity contribution in [2.24, 2.45) is 10.2 Å². The molecule has 0 aliphatic carbocycles. The van der Waals surface area contributed by atoms with Crippen LogP contribution < -0.4 is 10.9 Å². The van der Waals surface area contributed by atoms with Gasteiger partial charge in [-0.25, -0.2) is 9.59 Å². The number of benzene rings is 2. The Morgan fingerprint density at radius 3 is 1.29 bits per heavy atom. The van der Waals surface area contributed by atoms with E-state index in [1.165, 1.54) is 0 Å². The van der Waals surface area contributed by atoms with Gasteiger partial charge in [0, 0.05) is 0 Å². The monoisotopic (exact) mass is 326 g/mol. The van der Waals surface area contributed by atoms with E-state index >= 15 is 0 Å². The molecular weight excluding hydrogens is 312 g/mol. The number of anilines is 2. The first-order valence-corrected chi connectivity index (χ1v) is 6.82. The van der Waals surface area contributed by atoms with Crippen molar-refractivity contribution in [3.63, 3.8) is 0 Å². The number of aliphatic carboxylic acids is 2. The molecule has 0 aliphatic rings. The first-order valence-electron chi connectivity index (χ1n) is 6.82. The van der Waals surface area contributed by atoms with E-state index in [-0.39, 0.29) is 0 Å². The quantitative estimate of drug-likeness (QED) is 0.456. The molecule has 0 saturated heterocycles. The number of nitrogens with zero attached hydrogens (tertiary/aromatic N) is 2. The zero-order chi connectivity index (χ0) is 17.4. The highest BCUT2D eigenvalue weighted by molar-refractivity contribution is 6.79. The molecule has 0 spiro atoms. The van der Waals surface area contributed by atoms with Gasteiger partial charge in [0.05, 0.1) is 11.4 Å². The van der Waals surface area contributed by atoms with Crippen LogP contribution in [0.1, 0.15) is 0 Å². The molecular formula is C16H14N4O4. The fraction of sp³-hybridized carbons (Fsp3) is 0. The second kappa shape index (κ2) is 8.08. The number of rotatable bonds is 7. The predicted molar refractivity (Wildman–Crippen MR) is 90.3 cm³/mol. The van der Waals surface area contributed by atoms with Crippen LogP contribution in [0.4, 0.5) is 11.4 Å². The van der Waals surface area contributed by atoms with Gasteiger partial charge in [0.25, 0.3) is 0 Å². The number of hydrogen-bond donors (Lipinski definition) is 4. The molecule has 4 N–H and O–H groups in total. The molecule has 0 aromatic heterocycles. The van der Waals surface area contributed by atoms with Gasteiger partial charge in [0.15, 0.2) is 0 Å². The van der Waals surface area contributed by atoms with E-state index in [0.717, 1.165) is 0 Å². The fourth-order valence-corrected chi connectivity index (χ4v) is 1.67. The van der Waals surface area contributed by atoms with E-state index in [9.17, 15) is 19.8 Å². The first kappa shape index (κ1) is 16.7. The zero-order valence-corrected chi connectivity index (χ0v) is 12.4. The lowest BCUT2D eigenvalue weighted by Gasteiger charge is -2.05. The number of hydrogen-bond acceptors (Lipinski definition) is 6. The van der Waals surface area contributed by atoms with Crippen molar-refractivity contribution in [1.29, 1.82) is 0 Å². The van der Waals surface area contributed by atoms with Crippen LogP contribution in [0.5, 0.6) is 0 Å². The lowest BCUT2D eigenvalue weighted by Crippen LogP contribution is -2.32. The summed E-state index contributed by atoms with van der Waals surface area (Å²) in [6, 6.07) is 17.1.